The summed E-state index contributed by atoms with van der Waals surface area (Å²) in [6.07, 6.45) is 4.55. The molecule has 1 aliphatic rings. The van der Waals surface area contributed by atoms with E-state index in [1.807, 2.05) is 47.4 Å². The Morgan fingerprint density at radius 3 is 2.57 bits per heavy atom. The lowest BCUT2D eigenvalue weighted by Crippen LogP contribution is -2.34. The lowest BCUT2D eigenvalue weighted by Gasteiger charge is -2.23. The Hall–Kier alpha value is -1.87. The predicted octanol–water partition coefficient (Wildman–Crippen LogP) is 3.72. The minimum atomic E-state index is 0.199. The van der Waals surface area contributed by atoms with Crippen LogP contribution < -0.4 is 4.90 Å². The maximum Gasteiger partial charge on any atom is 0.230 e. The van der Waals surface area contributed by atoms with Crippen LogP contribution >= 0.6 is 11.6 Å². The van der Waals surface area contributed by atoms with Crippen molar-refractivity contribution in [2.24, 2.45) is 5.92 Å². The highest BCUT2D eigenvalue weighted by Gasteiger charge is 2.33. The first kappa shape index (κ1) is 14.1. The first-order valence-electron chi connectivity index (χ1n) is 7.21. The van der Waals surface area contributed by atoms with Gasteiger partial charge in [-0.1, -0.05) is 17.7 Å². The number of pyridine rings is 1. The smallest absolute Gasteiger partial charge is 0.230 e. The van der Waals surface area contributed by atoms with Gasteiger partial charge in [-0.3, -0.25) is 9.78 Å². The standard InChI is InChI=1S/C17H17ClN2O/c18-14-6-8-16(9-7-14)20(17(21)13-4-5-13)12-10-15-3-1-2-11-19-15/h1-3,6-9,11,13H,4-5,10,12H2. The molecule has 1 aromatic carbocycles. The molecule has 3 rings (SSSR count). The zero-order valence-electron chi connectivity index (χ0n) is 11.7. The minimum Gasteiger partial charge on any atom is -0.312 e. The van der Waals surface area contributed by atoms with Crippen LogP contribution in [0.15, 0.2) is 48.7 Å². The third kappa shape index (κ3) is 3.61. The summed E-state index contributed by atoms with van der Waals surface area (Å²) in [5.41, 5.74) is 1.91. The molecule has 1 aromatic heterocycles. The molecule has 0 saturated heterocycles. The Morgan fingerprint density at radius 1 is 1.19 bits per heavy atom. The Morgan fingerprint density at radius 2 is 1.95 bits per heavy atom. The average molecular weight is 301 g/mol. The second kappa shape index (κ2) is 6.27. The third-order valence-electron chi connectivity index (χ3n) is 3.65. The molecule has 2 aromatic rings. The number of hydrogen-bond donors (Lipinski definition) is 0. The summed E-state index contributed by atoms with van der Waals surface area (Å²) in [7, 11) is 0. The number of rotatable bonds is 5. The number of amides is 1. The summed E-state index contributed by atoms with van der Waals surface area (Å²) in [6, 6.07) is 13.3. The van der Waals surface area contributed by atoms with Crippen LogP contribution in [0.5, 0.6) is 0 Å². The number of hydrogen-bond acceptors (Lipinski definition) is 2. The van der Waals surface area contributed by atoms with E-state index < -0.39 is 0 Å². The van der Waals surface area contributed by atoms with E-state index in [1.165, 1.54) is 0 Å². The molecule has 1 saturated carbocycles. The van der Waals surface area contributed by atoms with Crippen LogP contribution in [0.2, 0.25) is 5.02 Å². The second-order valence-electron chi connectivity index (χ2n) is 5.31. The van der Waals surface area contributed by atoms with Gasteiger partial charge < -0.3 is 4.90 Å². The van der Waals surface area contributed by atoms with Gasteiger partial charge in [0.25, 0.3) is 0 Å². The summed E-state index contributed by atoms with van der Waals surface area (Å²) in [5.74, 6) is 0.415. The first-order valence-corrected chi connectivity index (χ1v) is 7.59. The molecule has 1 aliphatic carbocycles. The molecule has 0 aliphatic heterocycles. The SMILES string of the molecule is O=C(C1CC1)N(CCc1ccccn1)c1ccc(Cl)cc1. The van der Waals surface area contributed by atoms with E-state index in [9.17, 15) is 4.79 Å². The molecule has 0 N–H and O–H groups in total. The Bertz CT molecular complexity index is 608. The molecule has 0 bridgehead atoms. The normalized spacial score (nSPS) is 14.0. The van der Waals surface area contributed by atoms with E-state index in [0.717, 1.165) is 30.6 Å². The van der Waals surface area contributed by atoms with Gasteiger partial charge in [0, 0.05) is 41.5 Å². The molecular formula is C17H17ClN2O. The van der Waals surface area contributed by atoms with E-state index in [4.69, 9.17) is 11.6 Å². The zero-order chi connectivity index (χ0) is 14.7. The van der Waals surface area contributed by atoms with Gasteiger partial charge in [0.15, 0.2) is 0 Å². The highest BCUT2D eigenvalue weighted by molar-refractivity contribution is 6.30. The number of anilines is 1. The van der Waals surface area contributed by atoms with Gasteiger partial charge in [-0.15, -0.1) is 0 Å². The summed E-state index contributed by atoms with van der Waals surface area (Å²) in [6.45, 7) is 0.647. The molecule has 108 valence electrons. The monoisotopic (exact) mass is 300 g/mol. The van der Waals surface area contributed by atoms with E-state index in [2.05, 4.69) is 4.98 Å². The van der Waals surface area contributed by atoms with E-state index in [0.29, 0.717) is 11.6 Å². The highest BCUT2D eigenvalue weighted by Crippen LogP contribution is 2.33. The van der Waals surface area contributed by atoms with Crippen LogP contribution in [0.3, 0.4) is 0 Å². The van der Waals surface area contributed by atoms with Crippen molar-refractivity contribution in [1.29, 1.82) is 0 Å². The van der Waals surface area contributed by atoms with E-state index in [-0.39, 0.29) is 11.8 Å². The van der Waals surface area contributed by atoms with Crippen LogP contribution in [-0.2, 0) is 11.2 Å². The van der Waals surface area contributed by atoms with Gasteiger partial charge >= 0.3 is 0 Å². The van der Waals surface area contributed by atoms with Gasteiger partial charge in [0.2, 0.25) is 5.91 Å². The lowest BCUT2D eigenvalue weighted by molar-refractivity contribution is -0.119. The van der Waals surface area contributed by atoms with E-state index in [1.54, 1.807) is 6.20 Å². The number of halogens is 1. The van der Waals surface area contributed by atoms with Crippen molar-refractivity contribution < 1.29 is 4.79 Å². The highest BCUT2D eigenvalue weighted by atomic mass is 35.5. The molecule has 1 heterocycles. The van der Waals surface area contributed by atoms with Crippen molar-refractivity contribution in [3.63, 3.8) is 0 Å². The third-order valence-corrected chi connectivity index (χ3v) is 3.90. The minimum absolute atomic E-state index is 0.199. The van der Waals surface area contributed by atoms with Crippen molar-refractivity contribution in [1.82, 2.24) is 4.98 Å². The summed E-state index contributed by atoms with van der Waals surface area (Å²) in [5, 5.41) is 0.683. The molecular weight excluding hydrogens is 284 g/mol. The molecule has 3 nitrogen and oxygen atoms in total. The number of carbonyl (C=O) groups is 1. The van der Waals surface area contributed by atoms with E-state index >= 15 is 0 Å². The lowest BCUT2D eigenvalue weighted by atomic mass is 10.2. The van der Waals surface area contributed by atoms with Crippen LogP contribution in [0.25, 0.3) is 0 Å². The Labute approximate surface area is 129 Å². The maximum absolute atomic E-state index is 12.5. The van der Waals surface area contributed by atoms with Crippen LogP contribution in [0.1, 0.15) is 18.5 Å². The van der Waals surface area contributed by atoms with Crippen LogP contribution in [-0.4, -0.2) is 17.4 Å². The number of aromatic nitrogens is 1. The van der Waals surface area contributed by atoms with Crippen LogP contribution in [0.4, 0.5) is 5.69 Å². The summed E-state index contributed by atoms with van der Waals surface area (Å²) < 4.78 is 0. The van der Waals surface area contributed by atoms with Crippen LogP contribution in [0, 0.1) is 5.92 Å². The number of benzene rings is 1. The Kier molecular flexibility index (Phi) is 4.20. The fraction of sp³-hybridized carbons (Fsp3) is 0.294. The molecule has 0 unspecified atom stereocenters. The average Bonchev–Trinajstić information content (AvgIpc) is 3.35. The van der Waals surface area contributed by atoms with Gasteiger partial charge in [-0.25, -0.2) is 0 Å². The second-order valence-corrected chi connectivity index (χ2v) is 5.75. The zero-order valence-corrected chi connectivity index (χ0v) is 12.5. The van der Waals surface area contributed by atoms with Gasteiger partial charge in [0.05, 0.1) is 0 Å². The van der Waals surface area contributed by atoms with Crippen molar-refractivity contribution >= 4 is 23.2 Å². The van der Waals surface area contributed by atoms with Gasteiger partial charge in [-0.05, 0) is 49.2 Å². The molecule has 1 amide bonds. The molecule has 4 heteroatoms. The fourth-order valence-electron chi connectivity index (χ4n) is 2.31. The molecule has 0 radical (unpaired) electrons. The fourth-order valence-corrected chi connectivity index (χ4v) is 2.44. The predicted molar refractivity (Wildman–Crippen MR) is 84.5 cm³/mol. The largest absolute Gasteiger partial charge is 0.312 e. The molecule has 0 atom stereocenters. The number of carbonyl (C=O) groups excluding carboxylic acids is 1. The van der Waals surface area contributed by atoms with Gasteiger partial charge in [0.1, 0.15) is 0 Å². The Balaban J connectivity index is 1.75. The van der Waals surface area contributed by atoms with Crippen molar-refractivity contribution in [3.8, 4) is 0 Å². The van der Waals surface area contributed by atoms with Crippen molar-refractivity contribution in [2.75, 3.05) is 11.4 Å². The molecule has 1 fully saturated rings. The van der Waals surface area contributed by atoms with Crippen molar-refractivity contribution in [2.45, 2.75) is 19.3 Å². The van der Waals surface area contributed by atoms with Gasteiger partial charge in [-0.2, -0.15) is 0 Å². The summed E-state index contributed by atoms with van der Waals surface area (Å²) >= 11 is 5.93. The maximum atomic E-state index is 12.5. The number of nitrogens with zero attached hydrogens (tertiary/aromatic N) is 2. The molecule has 0 spiro atoms. The van der Waals surface area contributed by atoms with Crippen molar-refractivity contribution in [3.05, 3.63) is 59.4 Å². The first-order chi connectivity index (χ1) is 10.2. The quantitative estimate of drug-likeness (QED) is 0.843. The topological polar surface area (TPSA) is 33.2 Å². The molecule has 21 heavy (non-hydrogen) atoms. The summed E-state index contributed by atoms with van der Waals surface area (Å²) in [4.78, 5) is 18.7.